The van der Waals surface area contributed by atoms with Gasteiger partial charge in [-0.25, -0.2) is 18.1 Å². The number of imidazole rings is 1. The minimum Gasteiger partial charge on any atom is -0.304 e. The number of hydrogen-bond donors (Lipinski definition) is 1. The number of pyridine rings is 1. The molecule has 0 spiro atoms. The molecule has 0 bridgehead atoms. The highest BCUT2D eigenvalue weighted by atomic mass is 32.2. The van der Waals surface area contributed by atoms with E-state index >= 15 is 0 Å². The number of rotatable bonds is 8. The van der Waals surface area contributed by atoms with Gasteiger partial charge in [0.15, 0.2) is 0 Å². The van der Waals surface area contributed by atoms with E-state index < -0.39 is 10.0 Å². The van der Waals surface area contributed by atoms with Crippen LogP contribution in [0.1, 0.15) is 17.8 Å². The second kappa shape index (κ2) is 7.59. The Morgan fingerprint density at radius 2 is 1.79 bits per heavy atom. The van der Waals surface area contributed by atoms with E-state index in [4.69, 9.17) is 0 Å². The summed E-state index contributed by atoms with van der Waals surface area (Å²) < 4.78 is 28.8. The summed E-state index contributed by atoms with van der Waals surface area (Å²) in [6, 6.07) is 15.6. The van der Waals surface area contributed by atoms with E-state index in [0.717, 1.165) is 29.7 Å². The van der Waals surface area contributed by atoms with Gasteiger partial charge in [0.2, 0.25) is 10.0 Å². The van der Waals surface area contributed by atoms with Crippen molar-refractivity contribution in [2.45, 2.75) is 19.3 Å². The first kappa shape index (κ1) is 16.7. The number of fused-ring (bicyclic) bond motifs is 1. The molecule has 1 N–H and O–H groups in total. The minimum absolute atomic E-state index is 0.114. The molecule has 3 rings (SSSR count). The van der Waals surface area contributed by atoms with Gasteiger partial charge in [-0.15, -0.1) is 0 Å². The molecular weight excluding hydrogens is 322 g/mol. The lowest BCUT2D eigenvalue weighted by Gasteiger charge is -2.07. The van der Waals surface area contributed by atoms with Crippen molar-refractivity contribution in [1.82, 2.24) is 14.1 Å². The Balaban J connectivity index is 1.45. The lowest BCUT2D eigenvalue weighted by molar-refractivity contribution is 0.577. The van der Waals surface area contributed by atoms with Crippen molar-refractivity contribution in [3.63, 3.8) is 0 Å². The highest BCUT2D eigenvalue weighted by molar-refractivity contribution is 7.89. The van der Waals surface area contributed by atoms with Gasteiger partial charge in [-0.05, 0) is 30.5 Å². The van der Waals surface area contributed by atoms with Crippen LogP contribution in [0.4, 0.5) is 0 Å². The molecule has 0 saturated heterocycles. The summed E-state index contributed by atoms with van der Waals surface area (Å²) in [4.78, 5) is 4.39. The molecule has 0 radical (unpaired) electrons. The van der Waals surface area contributed by atoms with Gasteiger partial charge >= 0.3 is 0 Å². The Labute approximate surface area is 142 Å². The van der Waals surface area contributed by atoms with E-state index in [1.165, 1.54) is 0 Å². The van der Waals surface area contributed by atoms with Gasteiger partial charge in [-0.1, -0.05) is 36.4 Å². The van der Waals surface area contributed by atoms with Crippen LogP contribution in [0.3, 0.4) is 0 Å². The SMILES string of the molecule is O=S(=O)(CCc1ccccc1)NCCCc1ncc2ccccn12. The molecule has 2 aromatic heterocycles. The maximum atomic E-state index is 12.0. The van der Waals surface area contributed by atoms with E-state index in [-0.39, 0.29) is 5.75 Å². The molecule has 5 nitrogen and oxygen atoms in total. The van der Waals surface area contributed by atoms with Crippen LogP contribution in [0.15, 0.2) is 60.9 Å². The lowest BCUT2D eigenvalue weighted by Crippen LogP contribution is -2.28. The fraction of sp³-hybridized carbons (Fsp3) is 0.278. The summed E-state index contributed by atoms with van der Waals surface area (Å²) in [7, 11) is -3.24. The number of benzene rings is 1. The van der Waals surface area contributed by atoms with Gasteiger partial charge in [-0.3, -0.25) is 0 Å². The van der Waals surface area contributed by atoms with E-state index in [9.17, 15) is 8.42 Å². The molecular formula is C18H21N3O2S. The molecule has 24 heavy (non-hydrogen) atoms. The molecule has 1 aromatic carbocycles. The Kier molecular flexibility index (Phi) is 5.27. The molecule has 126 valence electrons. The quantitative estimate of drug-likeness (QED) is 0.639. The van der Waals surface area contributed by atoms with Crippen molar-refractivity contribution in [2.24, 2.45) is 0 Å². The van der Waals surface area contributed by atoms with E-state index in [2.05, 4.69) is 9.71 Å². The zero-order valence-electron chi connectivity index (χ0n) is 13.4. The lowest BCUT2D eigenvalue weighted by atomic mass is 10.2. The summed E-state index contributed by atoms with van der Waals surface area (Å²) in [6.45, 7) is 0.429. The van der Waals surface area contributed by atoms with Crippen molar-refractivity contribution in [3.05, 3.63) is 72.3 Å². The molecule has 3 aromatic rings. The molecule has 0 unspecified atom stereocenters. The summed E-state index contributed by atoms with van der Waals surface area (Å²) in [5.41, 5.74) is 2.09. The number of nitrogens with zero attached hydrogens (tertiary/aromatic N) is 2. The molecule has 2 heterocycles. The fourth-order valence-corrected chi connectivity index (χ4v) is 3.73. The average molecular weight is 343 g/mol. The summed E-state index contributed by atoms with van der Waals surface area (Å²) >= 11 is 0. The molecule has 0 amide bonds. The molecule has 6 heteroatoms. The standard InChI is InChI=1S/C18H21N3O2S/c22-24(23,14-11-16-7-2-1-3-8-16)20-12-6-10-18-19-15-17-9-4-5-13-21(17)18/h1-5,7-9,13,15,20H,6,10-12,14H2. The Hall–Kier alpha value is -2.18. The highest BCUT2D eigenvalue weighted by Crippen LogP contribution is 2.08. The third-order valence-corrected chi connectivity index (χ3v) is 5.30. The maximum Gasteiger partial charge on any atom is 0.211 e. The topological polar surface area (TPSA) is 63.5 Å². The summed E-state index contributed by atoms with van der Waals surface area (Å²) in [5.74, 6) is 1.07. The molecule has 0 atom stereocenters. The van der Waals surface area contributed by atoms with Crippen molar-refractivity contribution in [3.8, 4) is 0 Å². The Bertz CT molecular complexity index is 889. The van der Waals surface area contributed by atoms with Crippen LogP contribution in [-0.4, -0.2) is 30.1 Å². The third kappa shape index (κ3) is 4.43. The minimum atomic E-state index is -3.24. The molecule has 0 fully saturated rings. The first-order valence-electron chi connectivity index (χ1n) is 8.06. The normalized spacial score (nSPS) is 11.8. The molecule has 0 saturated carbocycles. The van der Waals surface area contributed by atoms with Crippen LogP contribution >= 0.6 is 0 Å². The Morgan fingerprint density at radius 1 is 1.00 bits per heavy atom. The number of nitrogens with one attached hydrogen (secondary N) is 1. The Morgan fingerprint density at radius 3 is 2.62 bits per heavy atom. The van der Waals surface area contributed by atoms with Crippen LogP contribution in [0.5, 0.6) is 0 Å². The van der Waals surface area contributed by atoms with Crippen molar-refractivity contribution in [1.29, 1.82) is 0 Å². The number of sulfonamides is 1. The van der Waals surface area contributed by atoms with Crippen LogP contribution in [0, 0.1) is 0 Å². The van der Waals surface area contributed by atoms with Crippen molar-refractivity contribution < 1.29 is 8.42 Å². The number of hydrogen-bond acceptors (Lipinski definition) is 3. The van der Waals surface area contributed by atoms with Crippen molar-refractivity contribution in [2.75, 3.05) is 12.3 Å². The predicted octanol–water partition coefficient (Wildman–Crippen LogP) is 2.43. The van der Waals surface area contributed by atoms with Crippen LogP contribution in [0.25, 0.3) is 5.52 Å². The first-order chi connectivity index (χ1) is 11.6. The van der Waals surface area contributed by atoms with E-state index in [0.29, 0.717) is 13.0 Å². The highest BCUT2D eigenvalue weighted by Gasteiger charge is 2.10. The largest absolute Gasteiger partial charge is 0.304 e. The molecule has 0 aliphatic rings. The monoisotopic (exact) mass is 343 g/mol. The van der Waals surface area contributed by atoms with Gasteiger partial charge < -0.3 is 4.40 Å². The van der Waals surface area contributed by atoms with Gasteiger partial charge in [-0.2, -0.15) is 0 Å². The van der Waals surface area contributed by atoms with Crippen LogP contribution < -0.4 is 4.72 Å². The van der Waals surface area contributed by atoms with Gasteiger partial charge in [0.25, 0.3) is 0 Å². The summed E-state index contributed by atoms with van der Waals surface area (Å²) in [6.07, 6.45) is 5.79. The predicted molar refractivity (Wildman–Crippen MR) is 95.4 cm³/mol. The van der Waals surface area contributed by atoms with Gasteiger partial charge in [0.1, 0.15) is 5.82 Å². The van der Waals surface area contributed by atoms with Gasteiger partial charge in [0, 0.05) is 19.2 Å². The van der Waals surface area contributed by atoms with Crippen LogP contribution in [0.2, 0.25) is 0 Å². The molecule has 0 aliphatic heterocycles. The first-order valence-corrected chi connectivity index (χ1v) is 9.71. The number of aryl methyl sites for hydroxylation is 2. The zero-order chi connectivity index (χ0) is 16.8. The number of aromatic nitrogens is 2. The second-order valence-corrected chi connectivity index (χ2v) is 7.65. The van der Waals surface area contributed by atoms with Crippen LogP contribution in [-0.2, 0) is 22.9 Å². The second-order valence-electron chi connectivity index (χ2n) is 5.72. The van der Waals surface area contributed by atoms with E-state index in [1.807, 2.05) is 65.3 Å². The van der Waals surface area contributed by atoms with E-state index in [1.54, 1.807) is 0 Å². The average Bonchev–Trinajstić information content (AvgIpc) is 3.01. The van der Waals surface area contributed by atoms with Gasteiger partial charge in [0.05, 0.1) is 17.5 Å². The molecule has 0 aliphatic carbocycles. The smallest absolute Gasteiger partial charge is 0.211 e. The fourth-order valence-electron chi connectivity index (χ4n) is 2.63. The third-order valence-electron chi connectivity index (χ3n) is 3.92. The summed E-state index contributed by atoms with van der Waals surface area (Å²) in [5, 5.41) is 0. The maximum absolute atomic E-state index is 12.0. The van der Waals surface area contributed by atoms with Crippen molar-refractivity contribution >= 4 is 15.5 Å². The zero-order valence-corrected chi connectivity index (χ0v) is 14.2.